The van der Waals surface area contributed by atoms with E-state index in [-0.39, 0.29) is 18.2 Å². The predicted octanol–water partition coefficient (Wildman–Crippen LogP) is 2.64. The minimum Gasteiger partial charge on any atom is -0.481 e. The predicted molar refractivity (Wildman–Crippen MR) is 77.9 cm³/mol. The summed E-state index contributed by atoms with van der Waals surface area (Å²) in [5.74, 6) is -0.634. The fraction of sp³-hybridized carbons (Fsp3) is 0.500. The summed E-state index contributed by atoms with van der Waals surface area (Å²) in [4.78, 5) is 24.7. The van der Waals surface area contributed by atoms with Gasteiger partial charge in [0.1, 0.15) is 0 Å². The number of hydrogen-bond acceptors (Lipinski definition) is 2. The molecule has 0 radical (unpaired) electrons. The third kappa shape index (κ3) is 3.00. The van der Waals surface area contributed by atoms with Crippen LogP contribution in [0.25, 0.3) is 0 Å². The zero-order chi connectivity index (χ0) is 14.7. The first-order valence-corrected chi connectivity index (χ1v) is 7.13. The lowest BCUT2D eigenvalue weighted by Gasteiger charge is -2.24. The van der Waals surface area contributed by atoms with Crippen molar-refractivity contribution in [2.45, 2.75) is 39.5 Å². The summed E-state index contributed by atoms with van der Waals surface area (Å²) in [6.07, 6.45) is 2.51. The zero-order valence-corrected chi connectivity index (χ0v) is 12.1. The minimum absolute atomic E-state index is 0.0307. The van der Waals surface area contributed by atoms with E-state index in [1.807, 2.05) is 23.1 Å². The summed E-state index contributed by atoms with van der Waals surface area (Å²) in [5, 5.41) is 9.00. The van der Waals surface area contributed by atoms with E-state index in [9.17, 15) is 9.59 Å². The number of amides is 1. The van der Waals surface area contributed by atoms with Gasteiger partial charge in [-0.05, 0) is 36.3 Å². The van der Waals surface area contributed by atoms with Gasteiger partial charge in [-0.3, -0.25) is 9.59 Å². The lowest BCUT2D eigenvalue weighted by atomic mass is 9.93. The minimum atomic E-state index is -0.764. The molecule has 1 aromatic rings. The van der Waals surface area contributed by atoms with Crippen LogP contribution in [-0.4, -0.2) is 23.5 Å². The van der Waals surface area contributed by atoms with Crippen LogP contribution in [-0.2, 0) is 22.4 Å². The second-order valence-electron chi connectivity index (χ2n) is 5.41. The standard InChI is InChI=1S/C16H21NO3/c1-3-13-5-4-6-14-9-12(10-15(19)20)7-8-17(11(2)18)16(13)14/h4-6,12H,3,7-10H2,1-2H3,(H,19,20). The highest BCUT2D eigenvalue weighted by Gasteiger charge is 2.26. The van der Waals surface area contributed by atoms with E-state index in [1.54, 1.807) is 6.92 Å². The zero-order valence-electron chi connectivity index (χ0n) is 12.1. The third-order valence-electron chi connectivity index (χ3n) is 3.97. The number of fused-ring (bicyclic) bond motifs is 1. The van der Waals surface area contributed by atoms with Crippen LogP contribution in [0.4, 0.5) is 5.69 Å². The lowest BCUT2D eigenvalue weighted by molar-refractivity contribution is -0.138. The van der Waals surface area contributed by atoms with Crippen molar-refractivity contribution in [2.75, 3.05) is 11.4 Å². The average Bonchev–Trinajstić information content (AvgIpc) is 2.56. The number of carbonyl (C=O) groups is 2. The van der Waals surface area contributed by atoms with Crippen molar-refractivity contribution in [2.24, 2.45) is 5.92 Å². The molecule has 1 atom stereocenters. The molecule has 1 aromatic carbocycles. The molecule has 0 aliphatic carbocycles. The normalized spacial score (nSPS) is 18.3. The van der Waals surface area contributed by atoms with Gasteiger partial charge in [0.05, 0.1) is 0 Å². The van der Waals surface area contributed by atoms with Gasteiger partial charge < -0.3 is 10.0 Å². The summed E-state index contributed by atoms with van der Waals surface area (Å²) >= 11 is 0. The quantitative estimate of drug-likeness (QED) is 0.922. The number of hydrogen-bond donors (Lipinski definition) is 1. The number of para-hydroxylation sites is 1. The molecule has 4 heteroatoms. The molecule has 20 heavy (non-hydrogen) atoms. The van der Waals surface area contributed by atoms with Crippen molar-refractivity contribution in [3.63, 3.8) is 0 Å². The highest BCUT2D eigenvalue weighted by molar-refractivity contribution is 5.93. The molecule has 1 heterocycles. The van der Waals surface area contributed by atoms with E-state index in [1.165, 1.54) is 0 Å². The van der Waals surface area contributed by atoms with Gasteiger partial charge in [0.2, 0.25) is 5.91 Å². The Bertz CT molecular complexity index is 524. The van der Waals surface area contributed by atoms with Gasteiger partial charge in [0.25, 0.3) is 0 Å². The Labute approximate surface area is 119 Å². The number of aryl methyl sites for hydroxylation is 1. The molecule has 0 aromatic heterocycles. The molecule has 0 fully saturated rings. The first-order chi connectivity index (χ1) is 9.52. The molecule has 1 aliphatic rings. The van der Waals surface area contributed by atoms with Crippen molar-refractivity contribution in [1.82, 2.24) is 0 Å². The molecular weight excluding hydrogens is 254 g/mol. The second-order valence-corrected chi connectivity index (χ2v) is 5.41. The van der Waals surface area contributed by atoms with Gasteiger partial charge in [0, 0.05) is 25.6 Å². The molecule has 2 rings (SSSR count). The van der Waals surface area contributed by atoms with E-state index in [0.717, 1.165) is 36.1 Å². The maximum atomic E-state index is 11.9. The number of anilines is 1. The van der Waals surface area contributed by atoms with Crippen LogP contribution in [0.2, 0.25) is 0 Å². The average molecular weight is 275 g/mol. The molecule has 0 bridgehead atoms. The molecule has 1 aliphatic heterocycles. The number of benzene rings is 1. The number of aliphatic carboxylic acids is 1. The van der Waals surface area contributed by atoms with Crippen molar-refractivity contribution >= 4 is 17.6 Å². The molecule has 0 saturated carbocycles. The first kappa shape index (κ1) is 14.6. The fourth-order valence-electron chi connectivity index (χ4n) is 3.01. The second kappa shape index (κ2) is 6.07. The maximum Gasteiger partial charge on any atom is 0.303 e. The number of carbonyl (C=O) groups excluding carboxylic acids is 1. The summed E-state index contributed by atoms with van der Waals surface area (Å²) in [6.45, 7) is 4.26. The Hall–Kier alpha value is -1.84. The number of nitrogens with zero attached hydrogens (tertiary/aromatic N) is 1. The van der Waals surface area contributed by atoms with Crippen LogP contribution in [0, 0.1) is 5.92 Å². The molecule has 0 spiro atoms. The molecular formula is C16H21NO3. The SMILES string of the molecule is CCc1cccc2c1N(C(C)=O)CCC(CC(=O)O)C2. The van der Waals surface area contributed by atoms with Crippen molar-refractivity contribution in [1.29, 1.82) is 0 Å². The van der Waals surface area contributed by atoms with Crippen LogP contribution in [0.5, 0.6) is 0 Å². The maximum absolute atomic E-state index is 11.9. The van der Waals surface area contributed by atoms with Gasteiger partial charge in [-0.25, -0.2) is 0 Å². The van der Waals surface area contributed by atoms with Crippen molar-refractivity contribution in [3.05, 3.63) is 29.3 Å². The molecule has 1 N–H and O–H groups in total. The van der Waals surface area contributed by atoms with Gasteiger partial charge >= 0.3 is 5.97 Å². The van der Waals surface area contributed by atoms with E-state index in [2.05, 4.69) is 6.92 Å². The number of carboxylic acid groups (broad SMARTS) is 1. The monoisotopic (exact) mass is 275 g/mol. The van der Waals surface area contributed by atoms with Gasteiger partial charge in [-0.15, -0.1) is 0 Å². The summed E-state index contributed by atoms with van der Waals surface area (Å²) in [5.41, 5.74) is 3.27. The molecule has 4 nitrogen and oxygen atoms in total. The lowest BCUT2D eigenvalue weighted by Crippen LogP contribution is -2.30. The van der Waals surface area contributed by atoms with E-state index >= 15 is 0 Å². The van der Waals surface area contributed by atoms with Crippen LogP contribution in [0.15, 0.2) is 18.2 Å². The Morgan fingerprint density at radius 3 is 2.75 bits per heavy atom. The van der Waals surface area contributed by atoms with Gasteiger partial charge in [-0.2, -0.15) is 0 Å². The van der Waals surface area contributed by atoms with Crippen LogP contribution in [0.3, 0.4) is 0 Å². The van der Waals surface area contributed by atoms with Crippen LogP contribution in [0.1, 0.15) is 37.8 Å². The fourth-order valence-corrected chi connectivity index (χ4v) is 3.01. The Kier molecular flexibility index (Phi) is 4.42. The summed E-state index contributed by atoms with van der Waals surface area (Å²) < 4.78 is 0. The number of carboxylic acids is 1. The van der Waals surface area contributed by atoms with Crippen LogP contribution < -0.4 is 4.90 Å². The summed E-state index contributed by atoms with van der Waals surface area (Å²) in [7, 11) is 0. The Morgan fingerprint density at radius 1 is 1.40 bits per heavy atom. The Balaban J connectivity index is 2.41. The third-order valence-corrected chi connectivity index (χ3v) is 3.97. The molecule has 1 unspecified atom stereocenters. The van der Waals surface area contributed by atoms with Crippen LogP contribution >= 0.6 is 0 Å². The Morgan fingerprint density at radius 2 is 2.15 bits per heavy atom. The number of rotatable bonds is 3. The highest BCUT2D eigenvalue weighted by atomic mass is 16.4. The molecule has 108 valence electrons. The molecule has 1 amide bonds. The van der Waals surface area contributed by atoms with Gasteiger partial charge in [0.15, 0.2) is 0 Å². The van der Waals surface area contributed by atoms with E-state index in [0.29, 0.717) is 6.54 Å². The topological polar surface area (TPSA) is 57.6 Å². The first-order valence-electron chi connectivity index (χ1n) is 7.13. The molecule has 0 saturated heterocycles. The van der Waals surface area contributed by atoms with E-state index in [4.69, 9.17) is 5.11 Å². The largest absolute Gasteiger partial charge is 0.481 e. The summed E-state index contributed by atoms with van der Waals surface area (Å²) in [6, 6.07) is 6.07. The highest BCUT2D eigenvalue weighted by Crippen LogP contribution is 2.33. The van der Waals surface area contributed by atoms with E-state index < -0.39 is 5.97 Å². The van der Waals surface area contributed by atoms with Gasteiger partial charge in [-0.1, -0.05) is 25.1 Å². The smallest absolute Gasteiger partial charge is 0.303 e. The van der Waals surface area contributed by atoms with Crippen molar-refractivity contribution < 1.29 is 14.7 Å². The van der Waals surface area contributed by atoms with Crippen molar-refractivity contribution in [3.8, 4) is 0 Å².